The van der Waals surface area contributed by atoms with Crippen LogP contribution in [-0.2, 0) is 9.59 Å². The summed E-state index contributed by atoms with van der Waals surface area (Å²) in [5, 5.41) is 8.85. The van der Waals surface area contributed by atoms with Crippen molar-refractivity contribution in [1.82, 2.24) is 20.0 Å². The van der Waals surface area contributed by atoms with Crippen LogP contribution < -0.4 is 4.90 Å². The number of aromatic nitrogens is 2. The lowest BCUT2D eigenvalue weighted by Gasteiger charge is -2.31. The van der Waals surface area contributed by atoms with Crippen LogP contribution in [0.4, 0.5) is 5.82 Å². The molecule has 2 aromatic rings. The largest absolute Gasteiger partial charge is 0.353 e. The Bertz CT molecular complexity index is 901. The summed E-state index contributed by atoms with van der Waals surface area (Å²) < 4.78 is 0. The van der Waals surface area contributed by atoms with E-state index in [0.29, 0.717) is 26.1 Å². The first-order valence-electron chi connectivity index (χ1n) is 12.1. The highest BCUT2D eigenvalue weighted by atomic mass is 16.2. The van der Waals surface area contributed by atoms with Gasteiger partial charge in [0.15, 0.2) is 5.82 Å². The molecule has 7 heteroatoms. The van der Waals surface area contributed by atoms with Gasteiger partial charge < -0.3 is 14.7 Å². The zero-order chi connectivity index (χ0) is 23.8. The van der Waals surface area contributed by atoms with E-state index in [1.54, 1.807) is 4.90 Å². The minimum Gasteiger partial charge on any atom is -0.353 e. The summed E-state index contributed by atoms with van der Waals surface area (Å²) >= 11 is 0. The van der Waals surface area contributed by atoms with Gasteiger partial charge in [0.25, 0.3) is 0 Å². The van der Waals surface area contributed by atoms with Crippen LogP contribution in [0.15, 0.2) is 42.5 Å². The highest BCUT2D eigenvalue weighted by Crippen LogP contribution is 2.19. The van der Waals surface area contributed by atoms with Crippen molar-refractivity contribution < 1.29 is 9.59 Å². The van der Waals surface area contributed by atoms with E-state index in [-0.39, 0.29) is 30.3 Å². The van der Waals surface area contributed by atoms with Crippen molar-refractivity contribution in [3.63, 3.8) is 0 Å². The third-order valence-electron chi connectivity index (χ3n) is 6.22. The molecule has 0 N–H and O–H groups in total. The molecule has 1 aromatic carbocycles. The Morgan fingerprint density at radius 1 is 0.970 bits per heavy atom. The molecule has 3 rings (SSSR count). The SMILES string of the molecule is CCC(C)N(CC(=O)N1CCCN(c2ccc(-c3ccccc3)nn2)CC1)C(=O)CC(C)C. The van der Waals surface area contributed by atoms with E-state index < -0.39 is 0 Å². The average Bonchev–Trinajstić information content (AvgIpc) is 3.08. The van der Waals surface area contributed by atoms with Gasteiger partial charge in [0.05, 0.1) is 12.2 Å². The van der Waals surface area contributed by atoms with Gasteiger partial charge in [-0.05, 0) is 37.8 Å². The number of hydrogen-bond donors (Lipinski definition) is 0. The van der Waals surface area contributed by atoms with Crippen molar-refractivity contribution in [3.8, 4) is 11.3 Å². The minimum absolute atomic E-state index is 0.0276. The van der Waals surface area contributed by atoms with E-state index in [4.69, 9.17) is 0 Å². The third-order valence-corrected chi connectivity index (χ3v) is 6.22. The van der Waals surface area contributed by atoms with Crippen LogP contribution in [0.25, 0.3) is 11.3 Å². The molecule has 1 atom stereocenters. The van der Waals surface area contributed by atoms with E-state index in [0.717, 1.165) is 36.5 Å². The monoisotopic (exact) mass is 451 g/mol. The fourth-order valence-corrected chi connectivity index (χ4v) is 4.08. The summed E-state index contributed by atoms with van der Waals surface area (Å²) in [6.07, 6.45) is 2.17. The highest BCUT2D eigenvalue weighted by Gasteiger charge is 2.26. The van der Waals surface area contributed by atoms with Crippen LogP contribution in [0.5, 0.6) is 0 Å². The Kier molecular flexibility index (Phi) is 8.80. The number of hydrogen-bond acceptors (Lipinski definition) is 5. The Labute approximate surface area is 197 Å². The summed E-state index contributed by atoms with van der Waals surface area (Å²) in [5.41, 5.74) is 1.89. The lowest BCUT2D eigenvalue weighted by Crippen LogP contribution is -2.47. The molecule has 1 aliphatic rings. The van der Waals surface area contributed by atoms with Gasteiger partial charge in [-0.15, -0.1) is 10.2 Å². The van der Waals surface area contributed by atoms with E-state index >= 15 is 0 Å². The quantitative estimate of drug-likeness (QED) is 0.610. The summed E-state index contributed by atoms with van der Waals surface area (Å²) in [4.78, 5) is 31.7. The molecule has 0 saturated carbocycles. The fourth-order valence-electron chi connectivity index (χ4n) is 4.08. The molecule has 2 heterocycles. The molecule has 7 nitrogen and oxygen atoms in total. The second-order valence-corrected chi connectivity index (χ2v) is 9.24. The summed E-state index contributed by atoms with van der Waals surface area (Å²) in [6.45, 7) is 11.1. The molecule has 2 amide bonds. The molecule has 0 radical (unpaired) electrons. The van der Waals surface area contributed by atoms with Crippen LogP contribution in [-0.4, -0.2) is 70.6 Å². The lowest BCUT2D eigenvalue weighted by atomic mass is 10.1. The first-order chi connectivity index (χ1) is 15.9. The van der Waals surface area contributed by atoms with Crippen LogP contribution >= 0.6 is 0 Å². The molecular weight excluding hydrogens is 414 g/mol. The summed E-state index contributed by atoms with van der Waals surface area (Å²) in [5.74, 6) is 1.20. The highest BCUT2D eigenvalue weighted by molar-refractivity contribution is 5.85. The van der Waals surface area contributed by atoms with Crippen LogP contribution in [0.1, 0.15) is 47.0 Å². The zero-order valence-corrected chi connectivity index (χ0v) is 20.4. The fraction of sp³-hybridized carbons (Fsp3) is 0.538. The molecule has 0 bridgehead atoms. The van der Waals surface area contributed by atoms with Gasteiger partial charge in [0.2, 0.25) is 11.8 Å². The molecule has 1 unspecified atom stereocenters. The van der Waals surface area contributed by atoms with Gasteiger partial charge in [0.1, 0.15) is 0 Å². The predicted molar refractivity (Wildman–Crippen MR) is 132 cm³/mol. The van der Waals surface area contributed by atoms with E-state index in [1.165, 1.54) is 0 Å². The second kappa shape index (κ2) is 11.8. The number of benzene rings is 1. The topological polar surface area (TPSA) is 69.6 Å². The third kappa shape index (κ3) is 6.76. The van der Waals surface area contributed by atoms with Gasteiger partial charge in [-0.2, -0.15) is 0 Å². The van der Waals surface area contributed by atoms with Crippen molar-refractivity contribution >= 4 is 17.6 Å². The van der Waals surface area contributed by atoms with Crippen molar-refractivity contribution in [2.45, 2.75) is 53.0 Å². The van der Waals surface area contributed by atoms with Crippen LogP contribution in [0.2, 0.25) is 0 Å². The smallest absolute Gasteiger partial charge is 0.242 e. The molecule has 1 saturated heterocycles. The van der Waals surface area contributed by atoms with Gasteiger partial charge in [-0.1, -0.05) is 51.1 Å². The van der Waals surface area contributed by atoms with Crippen molar-refractivity contribution in [2.24, 2.45) is 5.92 Å². The number of carbonyl (C=O) groups is 2. The van der Waals surface area contributed by atoms with Crippen LogP contribution in [0, 0.1) is 5.92 Å². The Hall–Kier alpha value is -2.96. The number of carbonyl (C=O) groups excluding carboxylic acids is 2. The van der Waals surface area contributed by atoms with E-state index in [1.807, 2.05) is 68.1 Å². The maximum absolute atomic E-state index is 13.1. The molecule has 1 aromatic heterocycles. The normalized spacial score (nSPS) is 15.3. The lowest BCUT2D eigenvalue weighted by molar-refractivity contribution is -0.142. The van der Waals surface area contributed by atoms with Gasteiger partial charge in [-0.25, -0.2) is 0 Å². The Morgan fingerprint density at radius 3 is 2.36 bits per heavy atom. The number of amides is 2. The number of rotatable bonds is 8. The molecule has 1 aliphatic heterocycles. The number of nitrogens with zero attached hydrogens (tertiary/aromatic N) is 5. The maximum Gasteiger partial charge on any atom is 0.242 e. The molecule has 33 heavy (non-hydrogen) atoms. The van der Waals surface area contributed by atoms with Gasteiger partial charge in [-0.3, -0.25) is 9.59 Å². The molecule has 0 aliphatic carbocycles. The molecule has 0 spiro atoms. The Balaban J connectivity index is 1.60. The minimum atomic E-state index is 0.0276. The second-order valence-electron chi connectivity index (χ2n) is 9.24. The first kappa shape index (κ1) is 24.7. The molecule has 178 valence electrons. The predicted octanol–water partition coefficient (Wildman–Crippen LogP) is 3.86. The Morgan fingerprint density at radius 2 is 1.73 bits per heavy atom. The van der Waals surface area contributed by atoms with Crippen molar-refractivity contribution in [2.75, 3.05) is 37.6 Å². The molecular formula is C26H37N5O2. The summed E-state index contributed by atoms with van der Waals surface area (Å²) in [7, 11) is 0. The zero-order valence-electron chi connectivity index (χ0n) is 20.4. The average molecular weight is 452 g/mol. The number of anilines is 1. The van der Waals surface area contributed by atoms with Crippen molar-refractivity contribution in [3.05, 3.63) is 42.5 Å². The van der Waals surface area contributed by atoms with Crippen LogP contribution in [0.3, 0.4) is 0 Å². The van der Waals surface area contributed by atoms with Crippen molar-refractivity contribution in [1.29, 1.82) is 0 Å². The van der Waals surface area contributed by atoms with E-state index in [9.17, 15) is 9.59 Å². The van der Waals surface area contributed by atoms with Gasteiger partial charge >= 0.3 is 0 Å². The first-order valence-corrected chi connectivity index (χ1v) is 12.1. The standard InChI is InChI=1S/C26H37N5O2/c1-5-21(4)31(25(32)18-20(2)3)19-26(33)30-15-9-14-29(16-17-30)24-13-12-23(27-28-24)22-10-7-6-8-11-22/h6-8,10-13,20-21H,5,9,14-19H2,1-4H3. The van der Waals surface area contributed by atoms with E-state index in [2.05, 4.69) is 22.0 Å². The summed E-state index contributed by atoms with van der Waals surface area (Å²) in [6, 6.07) is 14.1. The van der Waals surface area contributed by atoms with Gasteiger partial charge in [0, 0.05) is 44.2 Å². The molecule has 1 fully saturated rings. The maximum atomic E-state index is 13.1.